The summed E-state index contributed by atoms with van der Waals surface area (Å²) in [4.78, 5) is 0. The SMILES string of the molecule is COc1cc(Cl)ccc1-c1nn(C)c(N)c1C(C)C. The standard InChI is InChI=1S/C14H18ClN3O/c1-8(2)12-13(17-18(3)14(12)16)10-6-5-9(15)7-11(10)19-4/h5-8H,16H2,1-4H3. The number of nitrogen functional groups attached to an aromatic ring is 1. The molecule has 0 amide bonds. The minimum atomic E-state index is 0.282. The van der Waals surface area contributed by atoms with Crippen LogP contribution in [0.1, 0.15) is 25.3 Å². The van der Waals surface area contributed by atoms with Crippen LogP contribution in [0, 0.1) is 0 Å². The molecular formula is C14H18ClN3O. The smallest absolute Gasteiger partial charge is 0.129 e. The van der Waals surface area contributed by atoms with Gasteiger partial charge in [-0.05, 0) is 24.1 Å². The molecule has 0 aliphatic heterocycles. The summed E-state index contributed by atoms with van der Waals surface area (Å²) in [6, 6.07) is 5.52. The summed E-state index contributed by atoms with van der Waals surface area (Å²) in [5.74, 6) is 1.67. The van der Waals surface area contributed by atoms with E-state index in [1.807, 2.05) is 19.2 Å². The Morgan fingerprint density at radius 2 is 2.05 bits per heavy atom. The summed E-state index contributed by atoms with van der Waals surface area (Å²) in [6.07, 6.45) is 0. The van der Waals surface area contributed by atoms with E-state index in [0.29, 0.717) is 16.6 Å². The van der Waals surface area contributed by atoms with Crippen molar-refractivity contribution in [1.29, 1.82) is 0 Å². The highest BCUT2D eigenvalue weighted by atomic mass is 35.5. The number of anilines is 1. The van der Waals surface area contributed by atoms with E-state index < -0.39 is 0 Å². The van der Waals surface area contributed by atoms with Crippen molar-refractivity contribution in [1.82, 2.24) is 9.78 Å². The first kappa shape index (κ1) is 13.7. The van der Waals surface area contributed by atoms with Crippen molar-refractivity contribution < 1.29 is 4.74 Å². The first-order valence-corrected chi connectivity index (χ1v) is 6.49. The topological polar surface area (TPSA) is 53.1 Å². The number of aryl methyl sites for hydroxylation is 1. The molecule has 0 unspecified atom stereocenters. The molecule has 1 heterocycles. The number of nitrogens with two attached hydrogens (primary N) is 1. The molecule has 2 rings (SSSR count). The first-order valence-electron chi connectivity index (χ1n) is 6.12. The number of hydrogen-bond donors (Lipinski definition) is 1. The molecule has 0 saturated heterocycles. The van der Waals surface area contributed by atoms with Crippen molar-refractivity contribution >= 4 is 17.4 Å². The number of benzene rings is 1. The van der Waals surface area contributed by atoms with E-state index in [4.69, 9.17) is 22.1 Å². The summed E-state index contributed by atoms with van der Waals surface area (Å²) >= 11 is 5.99. The zero-order valence-corrected chi connectivity index (χ0v) is 12.3. The lowest BCUT2D eigenvalue weighted by molar-refractivity contribution is 0.416. The Balaban J connectivity index is 2.68. The van der Waals surface area contributed by atoms with Gasteiger partial charge in [-0.2, -0.15) is 5.10 Å². The average molecular weight is 280 g/mol. The van der Waals surface area contributed by atoms with Gasteiger partial charge in [0.2, 0.25) is 0 Å². The molecule has 5 heteroatoms. The molecule has 0 atom stereocenters. The second-order valence-electron chi connectivity index (χ2n) is 4.77. The second-order valence-corrected chi connectivity index (χ2v) is 5.21. The molecule has 0 aliphatic rings. The zero-order valence-electron chi connectivity index (χ0n) is 11.6. The fraction of sp³-hybridized carbons (Fsp3) is 0.357. The summed E-state index contributed by atoms with van der Waals surface area (Å²) in [5.41, 5.74) is 8.88. The van der Waals surface area contributed by atoms with Gasteiger partial charge in [0.1, 0.15) is 17.3 Å². The van der Waals surface area contributed by atoms with Gasteiger partial charge in [-0.3, -0.25) is 4.68 Å². The maximum atomic E-state index is 6.10. The van der Waals surface area contributed by atoms with Crippen LogP contribution in [0.3, 0.4) is 0 Å². The van der Waals surface area contributed by atoms with Crippen LogP contribution in [0.15, 0.2) is 18.2 Å². The summed E-state index contributed by atoms with van der Waals surface area (Å²) in [6.45, 7) is 4.19. The third kappa shape index (κ3) is 2.40. The number of ether oxygens (including phenoxy) is 1. The molecule has 0 bridgehead atoms. The molecule has 1 aromatic carbocycles. The minimum Gasteiger partial charge on any atom is -0.496 e. The Bertz CT molecular complexity index is 605. The molecule has 0 aliphatic carbocycles. The fourth-order valence-electron chi connectivity index (χ4n) is 2.18. The Morgan fingerprint density at radius 3 is 2.63 bits per heavy atom. The molecule has 19 heavy (non-hydrogen) atoms. The first-order chi connectivity index (χ1) is 8.95. The highest BCUT2D eigenvalue weighted by Gasteiger charge is 2.20. The molecule has 0 fully saturated rings. The van der Waals surface area contributed by atoms with Crippen LogP contribution in [0.5, 0.6) is 5.75 Å². The van der Waals surface area contributed by atoms with Crippen molar-refractivity contribution in [3.8, 4) is 17.0 Å². The van der Waals surface area contributed by atoms with Crippen molar-refractivity contribution in [2.24, 2.45) is 7.05 Å². The third-order valence-corrected chi connectivity index (χ3v) is 3.36. The molecule has 2 N–H and O–H groups in total. The maximum absolute atomic E-state index is 6.10. The van der Waals surface area contributed by atoms with Gasteiger partial charge in [0.15, 0.2) is 0 Å². The summed E-state index contributed by atoms with van der Waals surface area (Å²) < 4.78 is 7.08. The van der Waals surface area contributed by atoms with E-state index in [9.17, 15) is 0 Å². The molecular weight excluding hydrogens is 262 g/mol. The molecule has 4 nitrogen and oxygen atoms in total. The molecule has 0 saturated carbocycles. The van der Waals surface area contributed by atoms with Crippen molar-refractivity contribution in [2.75, 3.05) is 12.8 Å². The number of hydrogen-bond acceptors (Lipinski definition) is 3. The normalized spacial score (nSPS) is 11.1. The minimum absolute atomic E-state index is 0.282. The van der Waals surface area contributed by atoms with Gasteiger partial charge in [0.05, 0.1) is 7.11 Å². The van der Waals surface area contributed by atoms with Crippen LogP contribution in [-0.2, 0) is 7.05 Å². The molecule has 0 spiro atoms. The predicted octanol–water partition coefficient (Wildman–Crippen LogP) is 3.45. The maximum Gasteiger partial charge on any atom is 0.129 e. The van der Waals surface area contributed by atoms with Crippen LogP contribution in [0.25, 0.3) is 11.3 Å². The third-order valence-electron chi connectivity index (χ3n) is 3.13. The predicted molar refractivity (Wildman–Crippen MR) is 78.7 cm³/mol. The fourth-order valence-corrected chi connectivity index (χ4v) is 2.34. The highest BCUT2D eigenvalue weighted by Crippen LogP contribution is 2.38. The average Bonchev–Trinajstić information content (AvgIpc) is 2.65. The highest BCUT2D eigenvalue weighted by molar-refractivity contribution is 6.30. The quantitative estimate of drug-likeness (QED) is 0.936. The summed E-state index contributed by atoms with van der Waals surface area (Å²) in [5, 5.41) is 5.14. The number of rotatable bonds is 3. The largest absolute Gasteiger partial charge is 0.496 e. The molecule has 2 aromatic rings. The van der Waals surface area contributed by atoms with Gasteiger partial charge in [0, 0.05) is 23.2 Å². The van der Waals surface area contributed by atoms with E-state index >= 15 is 0 Å². The van der Waals surface area contributed by atoms with Gasteiger partial charge in [-0.25, -0.2) is 0 Å². The molecule has 0 radical (unpaired) electrons. The van der Waals surface area contributed by atoms with Crippen molar-refractivity contribution in [2.45, 2.75) is 19.8 Å². The van der Waals surface area contributed by atoms with Crippen LogP contribution >= 0.6 is 11.6 Å². The number of halogens is 1. The molecule has 102 valence electrons. The zero-order chi connectivity index (χ0) is 14.2. The Labute approximate surface area is 118 Å². The Kier molecular flexibility index (Phi) is 3.71. The van der Waals surface area contributed by atoms with Crippen LogP contribution in [-0.4, -0.2) is 16.9 Å². The van der Waals surface area contributed by atoms with E-state index in [2.05, 4.69) is 18.9 Å². The van der Waals surface area contributed by atoms with E-state index in [1.165, 1.54) is 0 Å². The lowest BCUT2D eigenvalue weighted by atomic mass is 9.98. The van der Waals surface area contributed by atoms with Gasteiger partial charge in [-0.1, -0.05) is 25.4 Å². The van der Waals surface area contributed by atoms with Gasteiger partial charge >= 0.3 is 0 Å². The number of aromatic nitrogens is 2. The van der Waals surface area contributed by atoms with E-state index in [0.717, 1.165) is 16.8 Å². The number of methoxy groups -OCH3 is 1. The van der Waals surface area contributed by atoms with Gasteiger partial charge in [0.25, 0.3) is 0 Å². The molecule has 1 aromatic heterocycles. The number of nitrogens with zero attached hydrogens (tertiary/aromatic N) is 2. The van der Waals surface area contributed by atoms with Crippen LogP contribution in [0.4, 0.5) is 5.82 Å². The van der Waals surface area contributed by atoms with Crippen molar-refractivity contribution in [3.05, 3.63) is 28.8 Å². The monoisotopic (exact) mass is 279 g/mol. The van der Waals surface area contributed by atoms with Gasteiger partial charge in [-0.15, -0.1) is 0 Å². The van der Waals surface area contributed by atoms with Crippen molar-refractivity contribution in [3.63, 3.8) is 0 Å². The van der Waals surface area contributed by atoms with Crippen LogP contribution < -0.4 is 10.5 Å². The Hall–Kier alpha value is -1.68. The Morgan fingerprint density at radius 1 is 1.37 bits per heavy atom. The lowest BCUT2D eigenvalue weighted by Crippen LogP contribution is -2.00. The van der Waals surface area contributed by atoms with Crippen LogP contribution in [0.2, 0.25) is 5.02 Å². The summed E-state index contributed by atoms with van der Waals surface area (Å²) in [7, 11) is 3.46. The van der Waals surface area contributed by atoms with Gasteiger partial charge < -0.3 is 10.5 Å². The second kappa shape index (κ2) is 5.13. The van der Waals surface area contributed by atoms with E-state index in [1.54, 1.807) is 17.9 Å². The lowest BCUT2D eigenvalue weighted by Gasteiger charge is -2.10. The van der Waals surface area contributed by atoms with E-state index in [-0.39, 0.29) is 5.92 Å².